The number of aliphatic hydroxyl groups is 2. The van der Waals surface area contributed by atoms with Crippen molar-refractivity contribution in [3.8, 4) is 5.75 Å². The molecule has 10 heteroatoms. The summed E-state index contributed by atoms with van der Waals surface area (Å²) in [5, 5.41) is 19.0. The smallest absolute Gasteiger partial charge is 0.266 e. The van der Waals surface area contributed by atoms with Gasteiger partial charge in [0.25, 0.3) is 5.91 Å². The molecule has 0 radical (unpaired) electrons. The topological polar surface area (TPSA) is 112 Å². The van der Waals surface area contributed by atoms with Crippen molar-refractivity contribution in [2.45, 2.75) is 62.3 Å². The van der Waals surface area contributed by atoms with Crippen LogP contribution in [-0.4, -0.2) is 52.9 Å². The van der Waals surface area contributed by atoms with Gasteiger partial charge in [-0.3, -0.25) is 10.2 Å². The lowest BCUT2D eigenvalue weighted by molar-refractivity contribution is -0.130. The Kier molecular flexibility index (Phi) is 10.3. The molecule has 0 spiro atoms. The Morgan fingerprint density at radius 3 is 2.40 bits per heavy atom. The van der Waals surface area contributed by atoms with Crippen LogP contribution in [0.1, 0.15) is 54.9 Å². The number of nitrogens with zero attached hydrogens (tertiary/aromatic N) is 1. The molecule has 5 rings (SSSR count). The van der Waals surface area contributed by atoms with Gasteiger partial charge in [-0.15, -0.1) is 0 Å². The number of halogens is 2. The molecule has 0 aromatic heterocycles. The van der Waals surface area contributed by atoms with Crippen LogP contribution in [0.25, 0.3) is 0 Å². The van der Waals surface area contributed by atoms with Crippen molar-refractivity contribution in [2.75, 3.05) is 13.2 Å². The van der Waals surface area contributed by atoms with E-state index in [9.17, 15) is 9.90 Å². The molecular weight excluding hydrogens is 666 g/mol. The van der Waals surface area contributed by atoms with Crippen LogP contribution >= 0.6 is 31.9 Å². The van der Waals surface area contributed by atoms with Crippen molar-refractivity contribution in [2.24, 2.45) is 4.99 Å². The van der Waals surface area contributed by atoms with Gasteiger partial charge < -0.3 is 19.7 Å². The van der Waals surface area contributed by atoms with Gasteiger partial charge in [0.15, 0.2) is 11.6 Å². The second kappa shape index (κ2) is 14.1. The highest BCUT2D eigenvalue weighted by atomic mass is 79.9. The molecule has 1 saturated carbocycles. The van der Waals surface area contributed by atoms with Crippen LogP contribution in [-0.2, 0) is 16.0 Å². The van der Waals surface area contributed by atoms with Crippen molar-refractivity contribution < 1.29 is 24.5 Å². The molecule has 4 N–H and O–H groups in total. The minimum absolute atomic E-state index is 0.0631. The quantitative estimate of drug-likeness (QED) is 0.158. The zero-order valence-electron chi connectivity index (χ0n) is 23.1. The number of carbonyl (C=O) groups excluding carboxylic acids is 1. The number of ether oxygens (including phenoxy) is 2. The summed E-state index contributed by atoms with van der Waals surface area (Å²) in [6.07, 6.45) is 2.78. The Morgan fingerprint density at radius 2 is 1.71 bits per heavy atom. The number of aliphatic imine (C=N–C) groups is 1. The van der Waals surface area contributed by atoms with Crippen LogP contribution in [0.5, 0.6) is 5.75 Å². The van der Waals surface area contributed by atoms with Crippen LogP contribution < -0.4 is 15.6 Å². The SMILES string of the molecule is O=C(NNC1CCC(O)CC1)[C@@]1(Cc2ccc(Br)cc2)N=C(c2ccc(OCCCO)cc2)O[C@H]1c1ccccc1Br. The van der Waals surface area contributed by atoms with E-state index in [0.29, 0.717) is 43.9 Å². The van der Waals surface area contributed by atoms with E-state index in [0.717, 1.165) is 38.5 Å². The summed E-state index contributed by atoms with van der Waals surface area (Å²) >= 11 is 7.19. The Hall–Kier alpha value is -2.76. The molecule has 1 aliphatic heterocycles. The molecule has 42 heavy (non-hydrogen) atoms. The lowest BCUT2D eigenvalue weighted by Gasteiger charge is -2.33. The van der Waals surface area contributed by atoms with E-state index in [2.05, 4.69) is 42.7 Å². The molecule has 1 amide bonds. The molecule has 1 fully saturated rings. The molecule has 2 atom stereocenters. The van der Waals surface area contributed by atoms with Gasteiger partial charge >= 0.3 is 0 Å². The van der Waals surface area contributed by atoms with Gasteiger partial charge in [-0.25, -0.2) is 10.4 Å². The van der Waals surface area contributed by atoms with Gasteiger partial charge in [-0.05, 0) is 73.7 Å². The normalized spacial score (nSPS) is 23.6. The third-order valence-corrected chi connectivity index (χ3v) is 8.94. The fraction of sp³-hybridized carbons (Fsp3) is 0.375. The average molecular weight is 701 g/mol. The number of hydrazine groups is 1. The maximum absolute atomic E-state index is 14.3. The summed E-state index contributed by atoms with van der Waals surface area (Å²) in [5.41, 5.74) is 7.36. The maximum Gasteiger partial charge on any atom is 0.266 e. The van der Waals surface area contributed by atoms with E-state index in [-0.39, 0.29) is 24.7 Å². The van der Waals surface area contributed by atoms with Crippen molar-refractivity contribution in [1.82, 2.24) is 10.9 Å². The molecule has 2 aliphatic rings. The highest BCUT2D eigenvalue weighted by Crippen LogP contribution is 2.44. The van der Waals surface area contributed by atoms with Gasteiger partial charge in [0.1, 0.15) is 5.75 Å². The van der Waals surface area contributed by atoms with Crippen molar-refractivity contribution in [3.63, 3.8) is 0 Å². The summed E-state index contributed by atoms with van der Waals surface area (Å²) in [6.45, 7) is 0.486. The third-order valence-electron chi connectivity index (χ3n) is 7.69. The van der Waals surface area contributed by atoms with E-state index in [1.807, 2.05) is 72.8 Å². The number of rotatable bonds is 11. The number of carbonyl (C=O) groups is 1. The first-order chi connectivity index (χ1) is 20.4. The van der Waals surface area contributed by atoms with Crippen LogP contribution in [0.15, 0.2) is 86.7 Å². The second-order valence-electron chi connectivity index (χ2n) is 10.7. The zero-order chi connectivity index (χ0) is 29.5. The lowest BCUT2D eigenvalue weighted by atomic mass is 9.82. The Morgan fingerprint density at radius 1 is 1.00 bits per heavy atom. The number of hydrogen-bond donors (Lipinski definition) is 4. The van der Waals surface area contributed by atoms with Crippen LogP contribution in [0.3, 0.4) is 0 Å². The fourth-order valence-corrected chi connectivity index (χ4v) is 6.11. The Bertz CT molecular complexity index is 1380. The van der Waals surface area contributed by atoms with Gasteiger partial charge in [0.2, 0.25) is 5.90 Å². The number of amides is 1. The van der Waals surface area contributed by atoms with Crippen molar-refractivity contribution >= 4 is 43.7 Å². The summed E-state index contributed by atoms with van der Waals surface area (Å²) in [4.78, 5) is 19.4. The minimum atomic E-state index is -1.33. The molecule has 1 aliphatic carbocycles. The second-order valence-corrected chi connectivity index (χ2v) is 12.5. The highest BCUT2D eigenvalue weighted by Gasteiger charge is 2.54. The monoisotopic (exact) mass is 699 g/mol. The van der Waals surface area contributed by atoms with Crippen molar-refractivity contribution in [3.05, 3.63) is 98.4 Å². The average Bonchev–Trinajstić information content (AvgIpc) is 3.38. The van der Waals surface area contributed by atoms with E-state index in [4.69, 9.17) is 19.6 Å². The predicted molar refractivity (Wildman–Crippen MR) is 168 cm³/mol. The van der Waals surface area contributed by atoms with Gasteiger partial charge in [0.05, 0.1) is 12.7 Å². The molecule has 3 aromatic rings. The minimum Gasteiger partial charge on any atom is -0.494 e. The van der Waals surface area contributed by atoms with E-state index >= 15 is 0 Å². The lowest BCUT2D eigenvalue weighted by Crippen LogP contribution is -2.56. The Labute approximate surface area is 262 Å². The fourth-order valence-electron chi connectivity index (χ4n) is 5.36. The Balaban J connectivity index is 1.51. The van der Waals surface area contributed by atoms with E-state index in [1.165, 1.54) is 0 Å². The van der Waals surface area contributed by atoms with Gasteiger partial charge in [-0.2, -0.15) is 0 Å². The number of benzene rings is 3. The zero-order valence-corrected chi connectivity index (χ0v) is 26.3. The largest absolute Gasteiger partial charge is 0.494 e. The first-order valence-electron chi connectivity index (χ1n) is 14.2. The first kappa shape index (κ1) is 30.7. The summed E-state index contributed by atoms with van der Waals surface area (Å²) in [6, 6.07) is 23.1. The molecular formula is C32H35Br2N3O5. The molecule has 0 unspecified atom stereocenters. The molecule has 8 nitrogen and oxygen atoms in total. The molecule has 0 saturated heterocycles. The van der Waals surface area contributed by atoms with Gasteiger partial charge in [-0.1, -0.05) is 62.2 Å². The number of aliphatic hydroxyl groups excluding tert-OH is 2. The van der Waals surface area contributed by atoms with Crippen LogP contribution in [0.4, 0.5) is 0 Å². The van der Waals surface area contributed by atoms with Crippen LogP contribution in [0, 0.1) is 0 Å². The standard InChI is InChI=1S/C32H35Br2N3O5/c33-23-10-6-21(7-11-23)20-32(31(40)37-36-24-12-14-25(39)15-13-24)29(27-4-1-2-5-28(27)34)42-30(35-32)22-8-16-26(17-9-22)41-19-3-18-38/h1-2,4-11,16-17,24-25,29,36,38-39H,3,12-15,18-20H2,(H,37,40)/t24?,25?,29-,32-/m0/s1. The highest BCUT2D eigenvalue weighted by molar-refractivity contribution is 9.10. The maximum atomic E-state index is 14.3. The summed E-state index contributed by atoms with van der Waals surface area (Å²) in [5.74, 6) is 0.746. The van der Waals surface area contributed by atoms with E-state index in [1.54, 1.807) is 0 Å². The number of nitrogens with one attached hydrogen (secondary N) is 2. The number of hydrogen-bond acceptors (Lipinski definition) is 7. The molecule has 3 aromatic carbocycles. The van der Waals surface area contributed by atoms with Gasteiger partial charge in [0, 0.05) is 45.6 Å². The first-order valence-corrected chi connectivity index (χ1v) is 15.8. The molecule has 1 heterocycles. The summed E-state index contributed by atoms with van der Waals surface area (Å²) < 4.78 is 14.1. The molecule has 0 bridgehead atoms. The third kappa shape index (κ3) is 7.23. The van der Waals surface area contributed by atoms with Crippen LogP contribution in [0.2, 0.25) is 0 Å². The molecule has 222 valence electrons. The van der Waals surface area contributed by atoms with E-state index < -0.39 is 11.6 Å². The van der Waals surface area contributed by atoms with Crippen molar-refractivity contribution in [1.29, 1.82) is 0 Å². The summed E-state index contributed by atoms with van der Waals surface area (Å²) in [7, 11) is 0. The predicted octanol–water partition coefficient (Wildman–Crippen LogP) is 5.40.